The Balaban J connectivity index is 2.18. The molecule has 0 bridgehead atoms. The molecule has 0 aliphatic rings. The molecule has 0 aliphatic carbocycles. The first-order valence-electron chi connectivity index (χ1n) is 6.24. The molecule has 20 heavy (non-hydrogen) atoms. The zero-order valence-corrected chi connectivity index (χ0v) is 13.0. The summed E-state index contributed by atoms with van der Waals surface area (Å²) in [7, 11) is 1.63. The van der Waals surface area contributed by atoms with Crippen LogP contribution in [0.2, 0.25) is 5.02 Å². The van der Waals surface area contributed by atoms with Gasteiger partial charge in [0.1, 0.15) is 18.1 Å². The molecule has 0 fully saturated rings. The molecule has 106 valence electrons. The van der Waals surface area contributed by atoms with E-state index in [0.717, 1.165) is 28.2 Å². The van der Waals surface area contributed by atoms with Crippen molar-refractivity contribution < 1.29 is 9.47 Å². The first-order valence-corrected chi connectivity index (χ1v) is 7.16. The van der Waals surface area contributed by atoms with Gasteiger partial charge in [0.15, 0.2) is 0 Å². The minimum atomic E-state index is 0.386. The molecule has 0 aliphatic heterocycles. The van der Waals surface area contributed by atoms with Crippen molar-refractivity contribution in [2.45, 2.75) is 19.4 Å². The molecule has 4 heteroatoms. The van der Waals surface area contributed by atoms with Gasteiger partial charge in [-0.15, -0.1) is 11.6 Å². The van der Waals surface area contributed by atoms with Gasteiger partial charge in [0.25, 0.3) is 0 Å². The topological polar surface area (TPSA) is 18.5 Å². The fourth-order valence-corrected chi connectivity index (χ4v) is 2.37. The summed E-state index contributed by atoms with van der Waals surface area (Å²) < 4.78 is 11.1. The number of hydrogen-bond donors (Lipinski definition) is 0. The maximum atomic E-state index is 6.00. The zero-order valence-electron chi connectivity index (χ0n) is 11.5. The van der Waals surface area contributed by atoms with E-state index >= 15 is 0 Å². The number of hydrogen-bond acceptors (Lipinski definition) is 2. The smallest absolute Gasteiger partial charge is 0.125 e. The van der Waals surface area contributed by atoms with Gasteiger partial charge in [0, 0.05) is 16.1 Å². The zero-order chi connectivity index (χ0) is 14.5. The summed E-state index contributed by atoms with van der Waals surface area (Å²) in [6, 6.07) is 11.4. The van der Waals surface area contributed by atoms with Crippen molar-refractivity contribution in [1.29, 1.82) is 0 Å². The number of ether oxygens (including phenoxy) is 2. The maximum absolute atomic E-state index is 6.00. The van der Waals surface area contributed by atoms with Gasteiger partial charge in [-0.3, -0.25) is 0 Å². The van der Waals surface area contributed by atoms with Crippen LogP contribution in [0.25, 0.3) is 0 Å². The van der Waals surface area contributed by atoms with Gasteiger partial charge in [0.2, 0.25) is 0 Å². The Morgan fingerprint density at radius 1 is 1.00 bits per heavy atom. The van der Waals surface area contributed by atoms with Crippen molar-refractivity contribution in [3.63, 3.8) is 0 Å². The summed E-state index contributed by atoms with van der Waals surface area (Å²) in [5, 5.41) is 0.658. The van der Waals surface area contributed by atoms with E-state index in [0.29, 0.717) is 17.5 Å². The van der Waals surface area contributed by atoms with Gasteiger partial charge in [-0.2, -0.15) is 0 Å². The van der Waals surface area contributed by atoms with Crippen molar-refractivity contribution in [1.82, 2.24) is 0 Å². The maximum Gasteiger partial charge on any atom is 0.125 e. The Kier molecular flexibility index (Phi) is 5.16. The lowest BCUT2D eigenvalue weighted by molar-refractivity contribution is 0.294. The van der Waals surface area contributed by atoms with E-state index in [1.807, 2.05) is 37.3 Å². The van der Waals surface area contributed by atoms with Crippen LogP contribution in [0.15, 0.2) is 36.4 Å². The Morgan fingerprint density at radius 3 is 2.45 bits per heavy atom. The molecule has 0 atom stereocenters. The molecule has 0 unspecified atom stereocenters. The van der Waals surface area contributed by atoms with Crippen LogP contribution in [-0.4, -0.2) is 7.11 Å². The average Bonchev–Trinajstić information content (AvgIpc) is 2.46. The summed E-state index contributed by atoms with van der Waals surface area (Å²) in [6.07, 6.45) is 0. The standard InChI is InChI=1S/C16H16Cl2O2/c1-11-3-5-16(12(7-11)9-17)20-10-13-8-14(18)4-6-15(13)19-2/h3-8H,9-10H2,1-2H3. The highest BCUT2D eigenvalue weighted by molar-refractivity contribution is 6.30. The highest BCUT2D eigenvalue weighted by Gasteiger charge is 2.07. The van der Waals surface area contributed by atoms with Gasteiger partial charge in [-0.25, -0.2) is 0 Å². The van der Waals surface area contributed by atoms with E-state index in [1.165, 1.54) is 0 Å². The molecule has 2 nitrogen and oxygen atoms in total. The molecule has 2 rings (SSSR count). The second kappa shape index (κ2) is 6.87. The fraction of sp³-hybridized carbons (Fsp3) is 0.250. The third kappa shape index (κ3) is 3.59. The van der Waals surface area contributed by atoms with Gasteiger partial charge in [-0.1, -0.05) is 29.3 Å². The molecule has 2 aromatic rings. The van der Waals surface area contributed by atoms with Crippen LogP contribution in [0.5, 0.6) is 11.5 Å². The number of methoxy groups -OCH3 is 1. The fourth-order valence-electron chi connectivity index (χ4n) is 1.97. The van der Waals surface area contributed by atoms with Crippen LogP contribution in [0.4, 0.5) is 0 Å². The van der Waals surface area contributed by atoms with Crippen LogP contribution >= 0.6 is 23.2 Å². The highest BCUT2D eigenvalue weighted by Crippen LogP contribution is 2.27. The summed E-state index contributed by atoms with van der Waals surface area (Å²) in [5.74, 6) is 1.96. The van der Waals surface area contributed by atoms with E-state index in [4.69, 9.17) is 32.7 Å². The quantitative estimate of drug-likeness (QED) is 0.725. The first-order chi connectivity index (χ1) is 9.63. The third-order valence-electron chi connectivity index (χ3n) is 2.99. The van der Waals surface area contributed by atoms with Crippen LogP contribution in [-0.2, 0) is 12.5 Å². The number of aryl methyl sites for hydroxylation is 1. The highest BCUT2D eigenvalue weighted by atomic mass is 35.5. The predicted octanol–water partition coefficient (Wildman–Crippen LogP) is 4.97. The Hall–Kier alpha value is -1.38. The van der Waals surface area contributed by atoms with Crippen LogP contribution in [0.3, 0.4) is 0 Å². The van der Waals surface area contributed by atoms with E-state index in [1.54, 1.807) is 13.2 Å². The Labute approximate surface area is 129 Å². The van der Waals surface area contributed by atoms with E-state index < -0.39 is 0 Å². The predicted molar refractivity (Wildman–Crippen MR) is 83.1 cm³/mol. The van der Waals surface area contributed by atoms with E-state index in [9.17, 15) is 0 Å². The number of benzene rings is 2. The van der Waals surface area contributed by atoms with Gasteiger partial charge < -0.3 is 9.47 Å². The number of alkyl halides is 1. The van der Waals surface area contributed by atoms with Crippen molar-refractivity contribution in [3.8, 4) is 11.5 Å². The lowest BCUT2D eigenvalue weighted by Crippen LogP contribution is -2.00. The molecule has 0 spiro atoms. The van der Waals surface area contributed by atoms with Gasteiger partial charge in [0.05, 0.1) is 13.0 Å². The van der Waals surface area contributed by atoms with Gasteiger partial charge in [-0.05, 0) is 31.2 Å². The summed E-state index contributed by atoms with van der Waals surface area (Å²) in [5.41, 5.74) is 3.04. The van der Waals surface area contributed by atoms with Crippen molar-refractivity contribution >= 4 is 23.2 Å². The molecule has 0 heterocycles. The van der Waals surface area contributed by atoms with E-state index in [-0.39, 0.29) is 0 Å². The molecular weight excluding hydrogens is 295 g/mol. The number of rotatable bonds is 5. The molecule has 0 aromatic heterocycles. The normalized spacial score (nSPS) is 10.4. The Morgan fingerprint density at radius 2 is 1.75 bits per heavy atom. The third-order valence-corrected chi connectivity index (χ3v) is 3.51. The molecule has 0 radical (unpaired) electrons. The average molecular weight is 311 g/mol. The van der Waals surface area contributed by atoms with Crippen molar-refractivity contribution in [2.75, 3.05) is 7.11 Å². The SMILES string of the molecule is COc1ccc(Cl)cc1COc1ccc(C)cc1CCl. The monoisotopic (exact) mass is 310 g/mol. The van der Waals surface area contributed by atoms with Crippen LogP contribution < -0.4 is 9.47 Å². The Bertz CT molecular complexity index is 597. The number of halogens is 2. The molecular formula is C16H16Cl2O2. The van der Waals surface area contributed by atoms with Gasteiger partial charge >= 0.3 is 0 Å². The summed E-state index contributed by atoms with van der Waals surface area (Å²) in [6.45, 7) is 2.41. The van der Waals surface area contributed by atoms with Crippen molar-refractivity contribution in [3.05, 3.63) is 58.1 Å². The summed E-state index contributed by atoms with van der Waals surface area (Å²) >= 11 is 11.9. The lowest BCUT2D eigenvalue weighted by atomic mass is 10.1. The first kappa shape index (κ1) is 15.0. The van der Waals surface area contributed by atoms with Crippen LogP contribution in [0.1, 0.15) is 16.7 Å². The second-order valence-electron chi connectivity index (χ2n) is 4.49. The lowest BCUT2D eigenvalue weighted by Gasteiger charge is -2.13. The minimum Gasteiger partial charge on any atom is -0.496 e. The van der Waals surface area contributed by atoms with Crippen LogP contribution in [0, 0.1) is 6.92 Å². The molecule has 0 saturated heterocycles. The largest absolute Gasteiger partial charge is 0.496 e. The summed E-state index contributed by atoms with van der Waals surface area (Å²) in [4.78, 5) is 0. The molecule has 0 N–H and O–H groups in total. The molecule has 0 amide bonds. The minimum absolute atomic E-state index is 0.386. The van der Waals surface area contributed by atoms with E-state index in [2.05, 4.69) is 0 Å². The molecule has 0 saturated carbocycles. The van der Waals surface area contributed by atoms with Crippen molar-refractivity contribution in [2.24, 2.45) is 0 Å². The molecule has 2 aromatic carbocycles. The second-order valence-corrected chi connectivity index (χ2v) is 5.19.